The second-order valence-corrected chi connectivity index (χ2v) is 9.85. The molecule has 0 radical (unpaired) electrons. The van der Waals surface area contributed by atoms with Crippen molar-refractivity contribution >= 4 is 50.4 Å². The van der Waals surface area contributed by atoms with E-state index in [0.29, 0.717) is 10.9 Å². The van der Waals surface area contributed by atoms with Crippen molar-refractivity contribution < 1.29 is 4.79 Å². The van der Waals surface area contributed by atoms with Crippen LogP contribution in [0.25, 0.3) is 10.2 Å². The van der Waals surface area contributed by atoms with Gasteiger partial charge >= 0.3 is 0 Å². The number of nitrogens with zero attached hydrogens (tertiary/aromatic N) is 2. The molecule has 1 saturated carbocycles. The molecule has 0 bridgehead atoms. The van der Waals surface area contributed by atoms with Crippen molar-refractivity contribution in [3.63, 3.8) is 0 Å². The highest BCUT2D eigenvalue weighted by Gasteiger charge is 2.31. The summed E-state index contributed by atoms with van der Waals surface area (Å²) in [5.74, 6) is 0.433. The van der Waals surface area contributed by atoms with Gasteiger partial charge in [0.25, 0.3) is 5.56 Å². The highest BCUT2D eigenvalue weighted by Crippen LogP contribution is 2.39. The summed E-state index contributed by atoms with van der Waals surface area (Å²) in [6.45, 7) is 0. The van der Waals surface area contributed by atoms with Crippen LogP contribution in [0.2, 0.25) is 0 Å². The number of hydrogen-bond acceptors (Lipinski definition) is 6. The van der Waals surface area contributed by atoms with Gasteiger partial charge in [-0.3, -0.25) is 14.2 Å². The van der Waals surface area contributed by atoms with E-state index in [1.807, 2.05) is 22.1 Å². The Morgan fingerprint density at radius 2 is 2.15 bits per heavy atom. The topological polar surface area (TPSA) is 52.0 Å². The van der Waals surface area contributed by atoms with Crippen LogP contribution in [-0.2, 0) is 12.8 Å². The van der Waals surface area contributed by atoms with Crippen molar-refractivity contribution in [2.24, 2.45) is 0 Å². The van der Waals surface area contributed by atoms with Crippen LogP contribution >= 0.6 is 34.4 Å². The lowest BCUT2D eigenvalue weighted by Gasteiger charge is -2.12. The zero-order valence-corrected chi connectivity index (χ0v) is 16.6. The van der Waals surface area contributed by atoms with Gasteiger partial charge in [0.15, 0.2) is 10.9 Å². The van der Waals surface area contributed by atoms with Crippen molar-refractivity contribution in [3.8, 4) is 0 Å². The summed E-state index contributed by atoms with van der Waals surface area (Å²) in [7, 11) is 0. The monoisotopic (exact) mass is 402 g/mol. The number of fused-ring (bicyclic) bond motifs is 3. The van der Waals surface area contributed by atoms with Crippen LogP contribution in [0.15, 0.2) is 27.5 Å². The van der Waals surface area contributed by atoms with Crippen LogP contribution in [0.4, 0.5) is 0 Å². The molecule has 1 fully saturated rings. The first-order valence-corrected chi connectivity index (χ1v) is 11.7. The van der Waals surface area contributed by atoms with Gasteiger partial charge in [0.2, 0.25) is 0 Å². The standard InChI is InChI=1S/C19H18N2O2S3/c22-13(15-6-3-9-24-15)10-25-19-20-17-16(18(23)21(19)11-7-8-11)12-4-1-2-5-14(12)26-17/h3,6,9,11H,1-2,4-5,7-8,10H2. The maximum Gasteiger partial charge on any atom is 0.263 e. The van der Waals surface area contributed by atoms with E-state index in [4.69, 9.17) is 4.98 Å². The summed E-state index contributed by atoms with van der Waals surface area (Å²) in [5, 5.41) is 3.48. The highest BCUT2D eigenvalue weighted by atomic mass is 32.2. The minimum atomic E-state index is 0.104. The molecule has 7 heteroatoms. The molecule has 2 aliphatic rings. The van der Waals surface area contributed by atoms with E-state index in [0.717, 1.165) is 47.2 Å². The predicted octanol–water partition coefficient (Wildman–Crippen LogP) is 4.71. The van der Waals surface area contributed by atoms with Gasteiger partial charge in [-0.1, -0.05) is 17.8 Å². The molecule has 26 heavy (non-hydrogen) atoms. The van der Waals surface area contributed by atoms with Gasteiger partial charge in [-0.15, -0.1) is 22.7 Å². The van der Waals surface area contributed by atoms with Crippen molar-refractivity contribution in [1.29, 1.82) is 0 Å². The van der Waals surface area contributed by atoms with Gasteiger partial charge in [0.05, 0.1) is 16.0 Å². The first kappa shape index (κ1) is 16.7. The van der Waals surface area contributed by atoms with Crippen molar-refractivity contribution in [1.82, 2.24) is 9.55 Å². The summed E-state index contributed by atoms with van der Waals surface area (Å²) in [5.41, 5.74) is 1.36. The molecule has 0 aliphatic heterocycles. The van der Waals surface area contributed by atoms with Gasteiger partial charge < -0.3 is 0 Å². The lowest BCUT2D eigenvalue weighted by atomic mass is 9.97. The van der Waals surface area contributed by atoms with Gasteiger partial charge in [-0.25, -0.2) is 4.98 Å². The molecule has 134 valence electrons. The summed E-state index contributed by atoms with van der Waals surface area (Å²) < 4.78 is 1.87. The van der Waals surface area contributed by atoms with Crippen LogP contribution in [0.5, 0.6) is 0 Å². The van der Waals surface area contributed by atoms with Crippen LogP contribution in [0, 0.1) is 0 Å². The molecule has 0 N–H and O–H groups in total. The van der Waals surface area contributed by atoms with Crippen molar-refractivity contribution in [3.05, 3.63) is 43.2 Å². The Bertz CT molecular complexity index is 1050. The lowest BCUT2D eigenvalue weighted by Crippen LogP contribution is -2.23. The average Bonchev–Trinajstić information content (AvgIpc) is 3.19. The zero-order chi connectivity index (χ0) is 17.7. The number of carbonyl (C=O) groups excluding carboxylic acids is 1. The number of hydrogen-bond donors (Lipinski definition) is 0. The number of thioether (sulfide) groups is 1. The molecule has 0 unspecified atom stereocenters. The van der Waals surface area contributed by atoms with E-state index in [1.54, 1.807) is 11.3 Å². The second kappa shape index (κ2) is 6.62. The van der Waals surface area contributed by atoms with Crippen LogP contribution < -0.4 is 5.56 Å². The van der Waals surface area contributed by atoms with Crippen LogP contribution in [0.1, 0.15) is 51.8 Å². The molecule has 3 aromatic heterocycles. The van der Waals surface area contributed by atoms with E-state index in [1.165, 1.54) is 40.0 Å². The second-order valence-electron chi connectivity index (χ2n) is 6.88. The first-order valence-electron chi connectivity index (χ1n) is 8.98. The maximum absolute atomic E-state index is 13.3. The largest absolute Gasteiger partial charge is 0.292 e. The third-order valence-electron chi connectivity index (χ3n) is 5.03. The smallest absolute Gasteiger partial charge is 0.263 e. The molecular weight excluding hydrogens is 384 g/mol. The summed E-state index contributed by atoms with van der Waals surface area (Å²) in [4.78, 5) is 33.5. The predicted molar refractivity (Wildman–Crippen MR) is 108 cm³/mol. The lowest BCUT2D eigenvalue weighted by molar-refractivity contribution is 0.102. The highest BCUT2D eigenvalue weighted by molar-refractivity contribution is 7.99. The molecule has 5 rings (SSSR count). The Morgan fingerprint density at radius 3 is 2.92 bits per heavy atom. The number of carbonyl (C=O) groups is 1. The fourth-order valence-corrected chi connectivity index (χ4v) is 6.60. The van der Waals surface area contributed by atoms with Gasteiger partial charge in [0, 0.05) is 10.9 Å². The number of Topliss-reactive ketones (excluding diaryl/α,β-unsaturated/α-hetero) is 1. The Morgan fingerprint density at radius 1 is 1.31 bits per heavy atom. The molecule has 3 aromatic rings. The fraction of sp³-hybridized carbons (Fsp3) is 0.421. The summed E-state index contributed by atoms with van der Waals surface area (Å²) >= 11 is 4.56. The average molecular weight is 403 g/mol. The number of aromatic nitrogens is 2. The number of thiophene rings is 2. The molecule has 3 heterocycles. The van der Waals surface area contributed by atoms with Crippen LogP contribution in [0.3, 0.4) is 0 Å². The minimum absolute atomic E-state index is 0.104. The molecule has 4 nitrogen and oxygen atoms in total. The molecule has 0 spiro atoms. The summed E-state index contributed by atoms with van der Waals surface area (Å²) in [6.07, 6.45) is 6.50. The van der Waals surface area contributed by atoms with Crippen molar-refractivity contribution in [2.75, 3.05) is 5.75 Å². The van der Waals surface area contributed by atoms with E-state index in [-0.39, 0.29) is 17.4 Å². The zero-order valence-electron chi connectivity index (χ0n) is 14.2. The van der Waals surface area contributed by atoms with E-state index >= 15 is 0 Å². The third kappa shape index (κ3) is 2.86. The van der Waals surface area contributed by atoms with Crippen molar-refractivity contribution in [2.45, 2.75) is 49.7 Å². The third-order valence-corrected chi connectivity index (χ3v) is 8.08. The fourth-order valence-electron chi connectivity index (χ4n) is 3.59. The SMILES string of the molecule is O=C(CSc1nc2sc3c(c2c(=O)n1C1CC1)CCCC3)c1cccs1. The summed E-state index contributed by atoms with van der Waals surface area (Å²) in [6, 6.07) is 4.01. The van der Waals surface area contributed by atoms with Gasteiger partial charge in [-0.05, 0) is 55.5 Å². The van der Waals surface area contributed by atoms with Gasteiger partial charge in [-0.2, -0.15) is 0 Å². The Labute approximate surface area is 163 Å². The molecule has 0 aromatic carbocycles. The van der Waals surface area contributed by atoms with E-state index < -0.39 is 0 Å². The Balaban J connectivity index is 1.55. The minimum Gasteiger partial charge on any atom is -0.292 e. The molecular formula is C19H18N2O2S3. The number of ketones is 1. The molecule has 0 amide bonds. The van der Waals surface area contributed by atoms with E-state index in [9.17, 15) is 9.59 Å². The molecule has 0 saturated heterocycles. The Hall–Kier alpha value is -1.44. The molecule has 0 atom stereocenters. The maximum atomic E-state index is 13.3. The molecule has 2 aliphatic carbocycles. The van der Waals surface area contributed by atoms with Crippen LogP contribution in [-0.4, -0.2) is 21.1 Å². The quantitative estimate of drug-likeness (QED) is 0.352. The first-order chi connectivity index (χ1) is 12.7. The van der Waals surface area contributed by atoms with E-state index in [2.05, 4.69) is 0 Å². The normalized spacial score (nSPS) is 16.8. The number of rotatable bonds is 5. The Kier molecular flexibility index (Phi) is 4.26. The number of aryl methyl sites for hydroxylation is 2. The van der Waals surface area contributed by atoms with Gasteiger partial charge in [0.1, 0.15) is 4.83 Å².